The predicted octanol–water partition coefficient (Wildman–Crippen LogP) is 22.3. The van der Waals surface area contributed by atoms with Gasteiger partial charge in [0.15, 0.2) is 12.2 Å². The number of phosphoric acid groups is 2. The third kappa shape index (κ3) is 70.3. The van der Waals surface area contributed by atoms with Gasteiger partial charge in [0, 0.05) is 25.7 Å². The summed E-state index contributed by atoms with van der Waals surface area (Å²) in [6.45, 7) is 9.53. The molecule has 3 N–H and O–H groups in total. The van der Waals surface area contributed by atoms with E-state index < -0.39 is 97.5 Å². The number of esters is 4. The normalized spacial score (nSPS) is 14.0. The lowest BCUT2D eigenvalue weighted by Gasteiger charge is -2.21. The first-order valence-electron chi connectivity index (χ1n) is 39.5. The molecule has 5 atom stereocenters. The fraction of sp³-hybridized carbons (Fsp3) is 0.947. The molecule has 0 aromatic rings. The van der Waals surface area contributed by atoms with Crippen LogP contribution in [0.5, 0.6) is 0 Å². The maximum atomic E-state index is 13.1. The van der Waals surface area contributed by atoms with Crippen LogP contribution in [0.2, 0.25) is 0 Å². The molecule has 0 fully saturated rings. The molecule has 0 rings (SSSR count). The molecule has 2 unspecified atom stereocenters. The third-order valence-corrected chi connectivity index (χ3v) is 19.6. The summed E-state index contributed by atoms with van der Waals surface area (Å²) in [5.74, 6) is -0.653. The monoisotopic (exact) mass is 1400 g/mol. The highest BCUT2D eigenvalue weighted by Crippen LogP contribution is 2.45. The molecule has 0 radical (unpaired) electrons. The number of hydrogen-bond acceptors (Lipinski definition) is 15. The molecule has 564 valence electrons. The highest BCUT2D eigenvalue weighted by Gasteiger charge is 2.30. The molecule has 0 aliphatic heterocycles. The van der Waals surface area contributed by atoms with Crippen molar-refractivity contribution in [3.63, 3.8) is 0 Å². The van der Waals surface area contributed by atoms with Gasteiger partial charge < -0.3 is 33.8 Å². The van der Waals surface area contributed by atoms with Crippen molar-refractivity contribution in [1.82, 2.24) is 0 Å². The number of unbranched alkanes of at least 4 members (excludes halogenated alkanes) is 45. The standard InChI is InChI=1S/C76H148O17P2/c1-7-9-11-13-15-17-19-21-22-23-24-25-26-27-28-30-36-42-49-55-61-76(81)92-71(64-86-73(78)58-52-46-40-34-32-31-33-38-44-50-56-68(3)4)66-90-94(82,83)88-62-70(77)63-89-95(84,85)91-67-72(65-87-74(79)59-53-47-43-37-39-45-51-57-69(5)6)93-75(80)60-54-48-41-35-29-20-18-16-14-12-10-8-2/h68-72,77H,7-67H2,1-6H3,(H,82,83)(H,84,85)/t70-,71-,72-/m1/s1. The van der Waals surface area contributed by atoms with Crippen molar-refractivity contribution in [2.24, 2.45) is 11.8 Å². The van der Waals surface area contributed by atoms with Gasteiger partial charge in [0.2, 0.25) is 0 Å². The second kappa shape index (κ2) is 67.9. The number of phosphoric ester groups is 2. The summed E-state index contributed by atoms with van der Waals surface area (Å²) >= 11 is 0. The van der Waals surface area contributed by atoms with Crippen molar-refractivity contribution in [2.75, 3.05) is 39.6 Å². The summed E-state index contributed by atoms with van der Waals surface area (Å²) in [6, 6.07) is 0. The number of rotatable bonds is 75. The summed E-state index contributed by atoms with van der Waals surface area (Å²) in [4.78, 5) is 72.8. The molecule has 0 bridgehead atoms. The van der Waals surface area contributed by atoms with E-state index in [4.69, 9.17) is 37.0 Å². The van der Waals surface area contributed by atoms with Crippen LogP contribution in [0.4, 0.5) is 0 Å². The number of carbonyl (C=O) groups is 4. The quantitative estimate of drug-likeness (QED) is 0.0222. The van der Waals surface area contributed by atoms with Gasteiger partial charge in [-0.05, 0) is 37.5 Å². The lowest BCUT2D eigenvalue weighted by molar-refractivity contribution is -0.161. The molecule has 0 saturated heterocycles. The third-order valence-electron chi connectivity index (χ3n) is 17.7. The first-order valence-corrected chi connectivity index (χ1v) is 42.5. The largest absolute Gasteiger partial charge is 0.472 e. The van der Waals surface area contributed by atoms with Crippen LogP contribution in [0, 0.1) is 11.8 Å². The van der Waals surface area contributed by atoms with Crippen molar-refractivity contribution in [3.8, 4) is 0 Å². The van der Waals surface area contributed by atoms with E-state index >= 15 is 0 Å². The number of carbonyl (C=O) groups excluding carboxylic acids is 4. The Labute approximate surface area is 581 Å². The second-order valence-electron chi connectivity index (χ2n) is 28.3. The zero-order chi connectivity index (χ0) is 70.0. The average molecular weight is 1400 g/mol. The van der Waals surface area contributed by atoms with Gasteiger partial charge in [-0.2, -0.15) is 0 Å². The summed E-state index contributed by atoms with van der Waals surface area (Å²) in [5.41, 5.74) is 0. The molecule has 0 aliphatic carbocycles. The molecule has 0 spiro atoms. The average Bonchev–Trinajstić information content (AvgIpc) is 1.27. The number of aliphatic hydroxyl groups is 1. The van der Waals surface area contributed by atoms with E-state index in [0.717, 1.165) is 102 Å². The van der Waals surface area contributed by atoms with Gasteiger partial charge in [-0.15, -0.1) is 0 Å². The SMILES string of the molecule is CCCCCCCCCCCCCCCCCCCCCCC(=O)O[C@H](COC(=O)CCCCCCCCCCCCC(C)C)COP(=O)(O)OC[C@@H](O)COP(=O)(O)OC[C@@H](COC(=O)CCCCCCCCCC(C)C)OC(=O)CCCCCCCCCCCCCC. The van der Waals surface area contributed by atoms with Crippen molar-refractivity contribution >= 4 is 39.5 Å². The van der Waals surface area contributed by atoms with Crippen molar-refractivity contribution in [1.29, 1.82) is 0 Å². The van der Waals surface area contributed by atoms with E-state index in [1.54, 1.807) is 0 Å². The Hall–Kier alpha value is -1.94. The maximum absolute atomic E-state index is 13.1. The summed E-state index contributed by atoms with van der Waals surface area (Å²) < 4.78 is 68.5. The smallest absolute Gasteiger partial charge is 0.462 e. The lowest BCUT2D eigenvalue weighted by Crippen LogP contribution is -2.30. The molecule has 0 amide bonds. The van der Waals surface area contributed by atoms with Crippen molar-refractivity contribution in [3.05, 3.63) is 0 Å². The minimum absolute atomic E-state index is 0.107. The van der Waals surface area contributed by atoms with Crippen LogP contribution in [0.25, 0.3) is 0 Å². The van der Waals surface area contributed by atoms with Gasteiger partial charge in [-0.25, -0.2) is 9.13 Å². The minimum Gasteiger partial charge on any atom is -0.462 e. The van der Waals surface area contributed by atoms with Crippen LogP contribution < -0.4 is 0 Å². The fourth-order valence-electron chi connectivity index (χ4n) is 11.7. The number of ether oxygens (including phenoxy) is 4. The van der Waals surface area contributed by atoms with Crippen LogP contribution in [-0.4, -0.2) is 96.7 Å². The molecule has 19 heteroatoms. The van der Waals surface area contributed by atoms with E-state index in [-0.39, 0.29) is 25.7 Å². The predicted molar refractivity (Wildman–Crippen MR) is 386 cm³/mol. The molecule has 95 heavy (non-hydrogen) atoms. The van der Waals surface area contributed by atoms with Gasteiger partial charge in [0.1, 0.15) is 19.3 Å². The second-order valence-corrected chi connectivity index (χ2v) is 31.3. The van der Waals surface area contributed by atoms with E-state index in [1.807, 2.05) is 0 Å². The number of hydrogen-bond donors (Lipinski definition) is 3. The van der Waals surface area contributed by atoms with Gasteiger partial charge >= 0.3 is 39.5 Å². The van der Waals surface area contributed by atoms with E-state index in [2.05, 4.69) is 41.5 Å². The summed E-state index contributed by atoms with van der Waals surface area (Å²) in [7, 11) is -9.91. The van der Waals surface area contributed by atoms with E-state index in [1.165, 1.54) is 205 Å². The molecule has 0 aromatic carbocycles. The lowest BCUT2D eigenvalue weighted by atomic mass is 10.0. The van der Waals surface area contributed by atoms with Crippen LogP contribution in [-0.2, 0) is 65.4 Å². The number of aliphatic hydroxyl groups excluding tert-OH is 1. The topological polar surface area (TPSA) is 237 Å². The highest BCUT2D eigenvalue weighted by molar-refractivity contribution is 7.47. The van der Waals surface area contributed by atoms with E-state index in [9.17, 15) is 43.2 Å². The van der Waals surface area contributed by atoms with Crippen LogP contribution in [0.3, 0.4) is 0 Å². The van der Waals surface area contributed by atoms with Crippen molar-refractivity contribution < 1.29 is 80.2 Å². The Morgan fingerprint density at radius 3 is 0.716 bits per heavy atom. The highest BCUT2D eigenvalue weighted by atomic mass is 31.2. The fourth-order valence-corrected chi connectivity index (χ4v) is 13.2. The maximum Gasteiger partial charge on any atom is 0.472 e. The minimum atomic E-state index is -4.96. The van der Waals surface area contributed by atoms with Crippen molar-refractivity contribution in [2.45, 2.75) is 413 Å². The summed E-state index contributed by atoms with van der Waals surface area (Å²) in [6.07, 6.45) is 55.6. The van der Waals surface area contributed by atoms with Gasteiger partial charge in [-0.1, -0.05) is 343 Å². The molecule has 0 aliphatic rings. The molecule has 0 saturated carbocycles. The molecular formula is C76H148O17P2. The van der Waals surface area contributed by atoms with Gasteiger partial charge in [0.05, 0.1) is 26.4 Å². The van der Waals surface area contributed by atoms with Crippen LogP contribution >= 0.6 is 15.6 Å². The Kier molecular flexibility index (Phi) is 66.5. The van der Waals surface area contributed by atoms with E-state index in [0.29, 0.717) is 31.6 Å². The zero-order valence-electron chi connectivity index (χ0n) is 62.0. The Morgan fingerprint density at radius 2 is 0.484 bits per heavy atom. The van der Waals surface area contributed by atoms with Crippen LogP contribution in [0.1, 0.15) is 395 Å². The Balaban J connectivity index is 5.21. The van der Waals surface area contributed by atoms with Crippen LogP contribution in [0.15, 0.2) is 0 Å². The first kappa shape index (κ1) is 93.1. The molecule has 17 nitrogen and oxygen atoms in total. The van der Waals surface area contributed by atoms with Gasteiger partial charge in [0.25, 0.3) is 0 Å². The summed E-state index contributed by atoms with van der Waals surface area (Å²) in [5, 5.41) is 10.6. The molecular weight excluding hydrogens is 1250 g/mol. The first-order chi connectivity index (χ1) is 45.9. The van der Waals surface area contributed by atoms with Gasteiger partial charge in [-0.3, -0.25) is 37.3 Å². The molecule has 0 aromatic heterocycles. The Bertz CT molecular complexity index is 1840. The molecule has 0 heterocycles. The Morgan fingerprint density at radius 1 is 0.284 bits per heavy atom. The zero-order valence-corrected chi connectivity index (χ0v) is 63.8.